The molecule has 0 spiro atoms. The molecule has 2 aliphatic rings. The summed E-state index contributed by atoms with van der Waals surface area (Å²) in [6.45, 7) is 6.63. The van der Waals surface area contributed by atoms with Gasteiger partial charge < -0.3 is 29.0 Å². The zero-order valence-corrected chi connectivity index (χ0v) is 24.2. The molecule has 2 aromatic rings. The zero-order chi connectivity index (χ0) is 28.8. The molecule has 2 aromatic carbocycles. The number of benzene rings is 2. The van der Waals surface area contributed by atoms with Gasteiger partial charge in [-0.2, -0.15) is 0 Å². The zero-order valence-electron chi connectivity index (χ0n) is 24.2. The van der Waals surface area contributed by atoms with Gasteiger partial charge in [0.15, 0.2) is 28.8 Å². The predicted octanol–water partition coefficient (Wildman–Crippen LogP) is 5.82. The third-order valence-corrected chi connectivity index (χ3v) is 7.48. The van der Waals surface area contributed by atoms with Crippen LogP contribution in [0, 0.1) is 0 Å². The molecule has 40 heavy (non-hydrogen) atoms. The number of hydrogen-bond acceptors (Lipinski definition) is 8. The summed E-state index contributed by atoms with van der Waals surface area (Å²) >= 11 is 0. The Labute approximate surface area is 236 Å². The maximum Gasteiger partial charge on any atom is 0.336 e. The van der Waals surface area contributed by atoms with Crippen LogP contribution in [0.4, 0.5) is 0 Å². The Morgan fingerprint density at radius 3 is 2.23 bits per heavy atom. The predicted molar refractivity (Wildman–Crippen MR) is 152 cm³/mol. The largest absolute Gasteiger partial charge is 0.493 e. The lowest BCUT2D eigenvalue weighted by Gasteiger charge is -2.37. The highest BCUT2D eigenvalue weighted by molar-refractivity contribution is 6.04. The number of rotatable bonds is 11. The number of carbonyl (C=O) groups is 2. The average molecular weight is 550 g/mol. The summed E-state index contributed by atoms with van der Waals surface area (Å²) in [6, 6.07) is 11.3. The molecule has 8 nitrogen and oxygen atoms in total. The highest BCUT2D eigenvalue weighted by Crippen LogP contribution is 2.47. The van der Waals surface area contributed by atoms with Crippen LogP contribution in [-0.2, 0) is 14.3 Å². The van der Waals surface area contributed by atoms with E-state index in [-0.39, 0.29) is 11.7 Å². The molecule has 0 bridgehead atoms. The first-order valence-electron chi connectivity index (χ1n) is 13.8. The van der Waals surface area contributed by atoms with Crippen LogP contribution >= 0.6 is 0 Å². The summed E-state index contributed by atoms with van der Waals surface area (Å²) in [7, 11) is 4.78. The van der Waals surface area contributed by atoms with E-state index in [1.807, 2.05) is 57.2 Å². The van der Waals surface area contributed by atoms with Gasteiger partial charge in [-0.25, -0.2) is 4.79 Å². The van der Waals surface area contributed by atoms with Crippen molar-refractivity contribution in [2.75, 3.05) is 34.5 Å². The van der Waals surface area contributed by atoms with Crippen molar-refractivity contribution in [2.24, 2.45) is 0 Å². The molecule has 0 unspecified atom stereocenters. The van der Waals surface area contributed by atoms with E-state index in [2.05, 4.69) is 5.32 Å². The monoisotopic (exact) mass is 549 g/mol. The summed E-state index contributed by atoms with van der Waals surface area (Å²) in [4.78, 5) is 27.4. The number of unbranched alkanes of at least 4 members (excludes halogenated alkanes) is 1. The molecule has 0 radical (unpaired) electrons. The molecule has 4 rings (SSSR count). The SMILES string of the molecule is CCCCOC(=O)C1=C(C)NC2=C(C(=O)C[C@@H](c3ccc(OC)c(OC)c3)C2)[C@H]1c1ccc(OCC)c(OC)c1. The number of ketones is 1. The van der Waals surface area contributed by atoms with Crippen LogP contribution in [-0.4, -0.2) is 46.3 Å². The summed E-state index contributed by atoms with van der Waals surface area (Å²) in [5.41, 5.74) is 4.30. The molecule has 1 heterocycles. The fraction of sp³-hybridized carbons (Fsp3) is 0.438. The van der Waals surface area contributed by atoms with Gasteiger partial charge in [0.05, 0.1) is 40.1 Å². The van der Waals surface area contributed by atoms with Crippen molar-refractivity contribution in [3.63, 3.8) is 0 Å². The van der Waals surface area contributed by atoms with Crippen LogP contribution in [0.15, 0.2) is 58.9 Å². The second-order valence-electron chi connectivity index (χ2n) is 9.96. The smallest absolute Gasteiger partial charge is 0.336 e. The van der Waals surface area contributed by atoms with Gasteiger partial charge in [-0.05, 0) is 68.0 Å². The van der Waals surface area contributed by atoms with Crippen molar-refractivity contribution >= 4 is 11.8 Å². The molecular formula is C32H39NO7. The van der Waals surface area contributed by atoms with E-state index in [1.54, 1.807) is 21.3 Å². The van der Waals surface area contributed by atoms with Crippen LogP contribution in [0.3, 0.4) is 0 Å². The quantitative estimate of drug-likeness (QED) is 0.277. The van der Waals surface area contributed by atoms with Crippen LogP contribution in [0.2, 0.25) is 0 Å². The molecule has 0 fully saturated rings. The minimum Gasteiger partial charge on any atom is -0.493 e. The van der Waals surface area contributed by atoms with E-state index < -0.39 is 11.9 Å². The van der Waals surface area contributed by atoms with Crippen LogP contribution in [0.25, 0.3) is 0 Å². The molecule has 1 aliphatic heterocycles. The highest BCUT2D eigenvalue weighted by atomic mass is 16.5. The van der Waals surface area contributed by atoms with Gasteiger partial charge in [-0.15, -0.1) is 0 Å². The van der Waals surface area contributed by atoms with E-state index in [9.17, 15) is 9.59 Å². The first-order chi connectivity index (χ1) is 19.4. The van der Waals surface area contributed by atoms with E-state index >= 15 is 0 Å². The van der Waals surface area contributed by atoms with Crippen molar-refractivity contribution in [2.45, 2.75) is 58.3 Å². The fourth-order valence-electron chi connectivity index (χ4n) is 5.51. The molecule has 0 saturated heterocycles. The lowest BCUT2D eigenvalue weighted by atomic mass is 9.71. The Balaban J connectivity index is 1.78. The van der Waals surface area contributed by atoms with E-state index in [0.717, 1.165) is 29.7 Å². The molecule has 0 saturated carbocycles. The summed E-state index contributed by atoms with van der Waals surface area (Å²) < 4.78 is 27.9. The van der Waals surface area contributed by atoms with E-state index in [0.29, 0.717) is 65.9 Å². The van der Waals surface area contributed by atoms with E-state index in [1.165, 1.54) is 0 Å². The standard InChI is InChI=1S/C32H39NO7/c1-7-9-14-40-32(35)29-19(3)33-23-15-22(20-10-12-25(36-4)27(17-20)37-5)16-24(34)31(23)30(29)21-11-13-26(39-8-2)28(18-21)38-6/h10-13,17-18,22,30,33H,7-9,14-16H2,1-6H3/t22-,30-/m0/s1. The van der Waals surface area contributed by atoms with E-state index in [4.69, 9.17) is 23.7 Å². The second kappa shape index (κ2) is 12.9. The lowest BCUT2D eigenvalue weighted by Crippen LogP contribution is -2.36. The molecule has 1 N–H and O–H groups in total. The number of Topliss-reactive ketones (excluding diaryl/α,β-unsaturated/α-hetero) is 1. The minimum absolute atomic E-state index is 0.0160. The van der Waals surface area contributed by atoms with Gasteiger partial charge in [-0.3, -0.25) is 4.79 Å². The van der Waals surface area contributed by atoms with Gasteiger partial charge in [0.25, 0.3) is 0 Å². The Kier molecular flexibility index (Phi) is 9.40. The number of ether oxygens (including phenoxy) is 5. The van der Waals surface area contributed by atoms with Crippen molar-refractivity contribution < 1.29 is 33.3 Å². The number of methoxy groups -OCH3 is 3. The minimum atomic E-state index is -0.589. The van der Waals surface area contributed by atoms with Gasteiger partial charge in [0.1, 0.15) is 0 Å². The maximum atomic E-state index is 13.9. The first kappa shape index (κ1) is 29.1. The molecule has 0 aromatic heterocycles. The number of carbonyl (C=O) groups excluding carboxylic acids is 2. The van der Waals surface area contributed by atoms with Gasteiger partial charge in [0, 0.05) is 29.3 Å². The van der Waals surface area contributed by atoms with Gasteiger partial charge in [-0.1, -0.05) is 25.5 Å². The molecule has 0 amide bonds. The molecule has 2 atom stereocenters. The summed E-state index contributed by atoms with van der Waals surface area (Å²) in [5.74, 6) is 1.33. The molecule has 1 aliphatic carbocycles. The van der Waals surface area contributed by atoms with Crippen molar-refractivity contribution in [1.82, 2.24) is 5.32 Å². The van der Waals surface area contributed by atoms with Crippen LogP contribution in [0.1, 0.15) is 69.4 Å². The summed E-state index contributed by atoms with van der Waals surface area (Å²) in [5, 5.41) is 3.41. The van der Waals surface area contributed by atoms with Crippen molar-refractivity contribution in [3.05, 3.63) is 70.1 Å². The molecular weight excluding hydrogens is 510 g/mol. The topological polar surface area (TPSA) is 92.3 Å². The number of nitrogens with one attached hydrogen (secondary N) is 1. The lowest BCUT2D eigenvalue weighted by molar-refractivity contribution is -0.139. The Hall–Kier alpha value is -3.94. The Bertz CT molecular complexity index is 1330. The maximum absolute atomic E-state index is 13.9. The third kappa shape index (κ3) is 5.81. The number of dihydropyridines is 1. The van der Waals surface area contributed by atoms with Crippen LogP contribution < -0.4 is 24.3 Å². The van der Waals surface area contributed by atoms with Gasteiger partial charge in [0.2, 0.25) is 0 Å². The Morgan fingerprint density at radius 1 is 0.900 bits per heavy atom. The molecule has 214 valence electrons. The number of esters is 1. The third-order valence-electron chi connectivity index (χ3n) is 7.48. The summed E-state index contributed by atoms with van der Waals surface area (Å²) in [6.07, 6.45) is 2.59. The van der Waals surface area contributed by atoms with Crippen molar-refractivity contribution in [3.8, 4) is 23.0 Å². The fourth-order valence-corrected chi connectivity index (χ4v) is 5.51. The highest BCUT2D eigenvalue weighted by Gasteiger charge is 2.41. The molecule has 8 heteroatoms. The Morgan fingerprint density at radius 2 is 1.55 bits per heavy atom. The van der Waals surface area contributed by atoms with Crippen molar-refractivity contribution in [1.29, 1.82) is 0 Å². The van der Waals surface area contributed by atoms with Crippen LogP contribution in [0.5, 0.6) is 23.0 Å². The normalized spacial score (nSPS) is 18.6. The first-order valence-corrected chi connectivity index (χ1v) is 13.8. The van der Waals surface area contributed by atoms with Gasteiger partial charge >= 0.3 is 5.97 Å². The second-order valence-corrected chi connectivity index (χ2v) is 9.96. The number of allylic oxidation sites excluding steroid dienone is 3. The average Bonchev–Trinajstić information content (AvgIpc) is 2.96. The number of hydrogen-bond donors (Lipinski definition) is 1.